The highest BCUT2D eigenvalue weighted by Gasteiger charge is 2.22. The highest BCUT2D eigenvalue weighted by molar-refractivity contribution is 5.95. The lowest BCUT2D eigenvalue weighted by Crippen LogP contribution is -2.38. The van der Waals surface area contributed by atoms with E-state index in [0.717, 1.165) is 11.3 Å². The summed E-state index contributed by atoms with van der Waals surface area (Å²) < 4.78 is 7.08. The minimum Gasteiger partial charge on any atom is -0.481 e. The minimum atomic E-state index is -0.914. The van der Waals surface area contributed by atoms with Crippen LogP contribution in [0.15, 0.2) is 36.7 Å². The summed E-state index contributed by atoms with van der Waals surface area (Å²) in [5, 5.41) is 13.4. The van der Waals surface area contributed by atoms with E-state index < -0.39 is 11.9 Å². The van der Waals surface area contributed by atoms with Crippen molar-refractivity contribution in [2.75, 3.05) is 26.3 Å². The van der Waals surface area contributed by atoms with Crippen LogP contribution in [0.2, 0.25) is 0 Å². The number of carbonyl (C=O) groups excluding carboxylic acids is 1. The quantitative estimate of drug-likeness (QED) is 0.647. The van der Waals surface area contributed by atoms with Gasteiger partial charge in [-0.25, -0.2) is 4.68 Å². The molecule has 0 aliphatic carbocycles. The van der Waals surface area contributed by atoms with Gasteiger partial charge in [-0.05, 0) is 50.1 Å². The van der Waals surface area contributed by atoms with E-state index in [4.69, 9.17) is 4.74 Å². The molecular weight excluding hydrogens is 346 g/mol. The number of carboxylic acids is 1. The molecule has 1 unspecified atom stereocenters. The van der Waals surface area contributed by atoms with Crippen LogP contribution in [0.1, 0.15) is 36.2 Å². The van der Waals surface area contributed by atoms with Gasteiger partial charge >= 0.3 is 5.97 Å². The maximum atomic E-state index is 13.0. The molecule has 0 saturated heterocycles. The summed E-state index contributed by atoms with van der Waals surface area (Å²) in [6.07, 6.45) is 4.21. The Labute approximate surface area is 159 Å². The molecule has 1 aromatic heterocycles. The fraction of sp³-hybridized carbons (Fsp3) is 0.450. The molecule has 1 N–H and O–H groups in total. The van der Waals surface area contributed by atoms with Crippen LogP contribution in [0.3, 0.4) is 0 Å². The molecule has 7 nitrogen and oxygen atoms in total. The van der Waals surface area contributed by atoms with Crippen molar-refractivity contribution in [1.29, 1.82) is 0 Å². The molecule has 0 bridgehead atoms. The van der Waals surface area contributed by atoms with E-state index in [9.17, 15) is 14.7 Å². The molecule has 146 valence electrons. The zero-order chi connectivity index (χ0) is 19.8. The summed E-state index contributed by atoms with van der Waals surface area (Å²) >= 11 is 0. The van der Waals surface area contributed by atoms with Crippen LogP contribution in [0, 0.1) is 12.8 Å². The average Bonchev–Trinajstić information content (AvgIpc) is 3.17. The van der Waals surface area contributed by atoms with Crippen molar-refractivity contribution < 1.29 is 19.4 Å². The summed E-state index contributed by atoms with van der Waals surface area (Å²) in [7, 11) is 0. The van der Waals surface area contributed by atoms with Gasteiger partial charge in [0.1, 0.15) is 0 Å². The van der Waals surface area contributed by atoms with E-state index in [1.165, 1.54) is 0 Å². The lowest BCUT2D eigenvalue weighted by molar-refractivity contribution is -0.141. The van der Waals surface area contributed by atoms with Crippen molar-refractivity contribution in [3.05, 3.63) is 47.8 Å². The molecule has 0 spiro atoms. The Bertz CT molecular complexity index is 759. The van der Waals surface area contributed by atoms with Crippen molar-refractivity contribution in [2.24, 2.45) is 5.92 Å². The number of benzene rings is 1. The van der Waals surface area contributed by atoms with E-state index in [-0.39, 0.29) is 12.5 Å². The number of carbonyl (C=O) groups is 2. The van der Waals surface area contributed by atoms with Crippen LogP contribution in [-0.2, 0) is 9.53 Å². The van der Waals surface area contributed by atoms with Crippen molar-refractivity contribution in [3.8, 4) is 5.69 Å². The van der Waals surface area contributed by atoms with Gasteiger partial charge in [0, 0.05) is 44.3 Å². The van der Waals surface area contributed by atoms with Gasteiger partial charge in [-0.2, -0.15) is 5.10 Å². The number of aryl methyl sites for hydroxylation is 1. The van der Waals surface area contributed by atoms with Crippen LogP contribution in [0.5, 0.6) is 0 Å². The van der Waals surface area contributed by atoms with Gasteiger partial charge in [0.2, 0.25) is 0 Å². The molecule has 1 heterocycles. The van der Waals surface area contributed by atoms with Gasteiger partial charge in [0.25, 0.3) is 5.91 Å². The first-order valence-corrected chi connectivity index (χ1v) is 9.14. The Balaban J connectivity index is 2.17. The number of nitrogens with zero attached hydrogens (tertiary/aromatic N) is 3. The van der Waals surface area contributed by atoms with E-state index in [1.807, 2.05) is 38.2 Å². The van der Waals surface area contributed by atoms with Crippen molar-refractivity contribution in [3.63, 3.8) is 0 Å². The number of ether oxygens (including phenoxy) is 1. The SMILES string of the molecule is CCOCCCN(CC(C)C(=O)O)C(=O)c1ccc(-n2cccn2)c(C)c1. The van der Waals surface area contributed by atoms with Crippen molar-refractivity contribution >= 4 is 11.9 Å². The molecular formula is C20H27N3O4. The zero-order valence-corrected chi connectivity index (χ0v) is 16.1. The first-order chi connectivity index (χ1) is 12.9. The van der Waals surface area contributed by atoms with Crippen LogP contribution < -0.4 is 0 Å². The summed E-state index contributed by atoms with van der Waals surface area (Å²) in [5.41, 5.74) is 2.36. The molecule has 27 heavy (non-hydrogen) atoms. The molecule has 2 aromatic rings. The normalized spacial score (nSPS) is 12.0. The Morgan fingerprint density at radius 1 is 1.37 bits per heavy atom. The number of rotatable bonds is 10. The zero-order valence-electron chi connectivity index (χ0n) is 16.1. The summed E-state index contributed by atoms with van der Waals surface area (Å²) in [4.78, 5) is 25.8. The maximum Gasteiger partial charge on any atom is 0.308 e. The topological polar surface area (TPSA) is 84.7 Å². The number of amides is 1. The van der Waals surface area contributed by atoms with Gasteiger partial charge in [-0.3, -0.25) is 9.59 Å². The standard InChI is InChI=1S/C20H27N3O4/c1-4-27-12-6-10-22(14-16(3)20(25)26)19(24)17-7-8-18(15(2)13-17)23-11-5-9-21-23/h5,7-9,11,13,16H,4,6,10,12,14H2,1-3H3,(H,25,26). The van der Waals surface area contributed by atoms with Crippen molar-refractivity contribution in [1.82, 2.24) is 14.7 Å². The van der Waals surface area contributed by atoms with Gasteiger partial charge in [0.15, 0.2) is 0 Å². The number of aromatic nitrogens is 2. The Morgan fingerprint density at radius 3 is 2.74 bits per heavy atom. The third-order valence-electron chi connectivity index (χ3n) is 4.32. The largest absolute Gasteiger partial charge is 0.481 e. The second kappa shape index (κ2) is 9.87. The van der Waals surface area contributed by atoms with Gasteiger partial charge < -0.3 is 14.7 Å². The lowest BCUT2D eigenvalue weighted by Gasteiger charge is -2.25. The Morgan fingerprint density at radius 2 is 2.15 bits per heavy atom. The van der Waals surface area contributed by atoms with Crippen LogP contribution >= 0.6 is 0 Å². The highest BCUT2D eigenvalue weighted by Crippen LogP contribution is 2.17. The Hall–Kier alpha value is -2.67. The first kappa shape index (κ1) is 20.6. The molecule has 7 heteroatoms. The molecule has 1 amide bonds. The fourth-order valence-corrected chi connectivity index (χ4v) is 2.83. The summed E-state index contributed by atoms with van der Waals surface area (Å²) in [5.74, 6) is -1.72. The second-order valence-corrected chi connectivity index (χ2v) is 6.49. The lowest BCUT2D eigenvalue weighted by atomic mass is 10.1. The van der Waals surface area contributed by atoms with E-state index in [0.29, 0.717) is 31.7 Å². The van der Waals surface area contributed by atoms with Gasteiger partial charge in [0.05, 0.1) is 11.6 Å². The first-order valence-electron chi connectivity index (χ1n) is 9.14. The number of hydrogen-bond donors (Lipinski definition) is 1. The van der Waals surface area contributed by atoms with Crippen LogP contribution in [0.25, 0.3) is 5.69 Å². The van der Waals surface area contributed by atoms with E-state index >= 15 is 0 Å². The third kappa shape index (κ3) is 5.65. The van der Waals surface area contributed by atoms with Gasteiger partial charge in [-0.15, -0.1) is 0 Å². The monoisotopic (exact) mass is 373 g/mol. The molecule has 0 aliphatic heterocycles. The smallest absolute Gasteiger partial charge is 0.308 e. The molecule has 0 saturated carbocycles. The Kier molecular flexibility index (Phi) is 7.55. The second-order valence-electron chi connectivity index (χ2n) is 6.49. The third-order valence-corrected chi connectivity index (χ3v) is 4.32. The number of hydrogen-bond acceptors (Lipinski definition) is 4. The average molecular weight is 373 g/mol. The van der Waals surface area contributed by atoms with Crippen molar-refractivity contribution in [2.45, 2.75) is 27.2 Å². The molecule has 1 aromatic carbocycles. The minimum absolute atomic E-state index is 0.167. The molecule has 0 aliphatic rings. The van der Waals surface area contributed by atoms with Crippen LogP contribution in [-0.4, -0.2) is 58.0 Å². The van der Waals surface area contributed by atoms with Gasteiger partial charge in [-0.1, -0.05) is 6.92 Å². The maximum absolute atomic E-state index is 13.0. The predicted molar refractivity (Wildman–Crippen MR) is 102 cm³/mol. The predicted octanol–water partition coefficient (Wildman–Crippen LogP) is 2.77. The van der Waals surface area contributed by atoms with E-state index in [2.05, 4.69) is 5.10 Å². The summed E-state index contributed by atoms with van der Waals surface area (Å²) in [6.45, 7) is 7.23. The summed E-state index contributed by atoms with van der Waals surface area (Å²) in [6, 6.07) is 7.27. The molecule has 0 fully saturated rings. The van der Waals surface area contributed by atoms with Crippen LogP contribution in [0.4, 0.5) is 0 Å². The van der Waals surface area contributed by atoms with E-state index in [1.54, 1.807) is 28.8 Å². The number of aliphatic carboxylic acids is 1. The number of carboxylic acid groups (broad SMARTS) is 1. The highest BCUT2D eigenvalue weighted by atomic mass is 16.5. The molecule has 0 radical (unpaired) electrons. The fourth-order valence-electron chi connectivity index (χ4n) is 2.83. The molecule has 2 rings (SSSR count). The molecule has 1 atom stereocenters.